The number of hydrogen-bond donors (Lipinski definition) is 1. The summed E-state index contributed by atoms with van der Waals surface area (Å²) >= 11 is 0. The van der Waals surface area contributed by atoms with Gasteiger partial charge in [-0.2, -0.15) is 0 Å². The molecule has 31 heavy (non-hydrogen) atoms. The smallest absolute Gasteiger partial charge is 0.230 e. The van der Waals surface area contributed by atoms with Crippen LogP contribution in [0.15, 0.2) is 84.9 Å². The highest BCUT2D eigenvalue weighted by molar-refractivity contribution is 5.97. The fourth-order valence-electron chi connectivity index (χ4n) is 3.99. The van der Waals surface area contributed by atoms with Gasteiger partial charge in [0.05, 0.1) is 0 Å². The van der Waals surface area contributed by atoms with Crippen LogP contribution in [0, 0.1) is 11.3 Å². The molecule has 0 aromatic heterocycles. The molecule has 3 aromatic carbocycles. The van der Waals surface area contributed by atoms with Gasteiger partial charge in [-0.1, -0.05) is 93.6 Å². The van der Waals surface area contributed by atoms with Crippen molar-refractivity contribution in [3.8, 4) is 11.1 Å². The molecule has 4 rings (SSSR count). The molecule has 0 spiro atoms. The molecule has 1 saturated carbocycles. The normalized spacial score (nSPS) is 19.0. The summed E-state index contributed by atoms with van der Waals surface area (Å²) in [5.41, 5.74) is 10.9. The summed E-state index contributed by atoms with van der Waals surface area (Å²) in [6.07, 6.45) is 0.909. The number of carbonyl (C=O) groups excluding carboxylic acids is 1. The Morgan fingerprint density at radius 3 is 2.03 bits per heavy atom. The predicted molar refractivity (Wildman–Crippen MR) is 129 cm³/mol. The topological polar surface area (TPSA) is 46.3 Å². The number of nitrogens with zero attached hydrogens (tertiary/aromatic N) is 1. The van der Waals surface area contributed by atoms with Gasteiger partial charge < -0.3 is 10.6 Å². The zero-order chi connectivity index (χ0) is 22.0. The number of anilines is 1. The van der Waals surface area contributed by atoms with Crippen LogP contribution in [0.4, 0.5) is 5.69 Å². The average molecular weight is 413 g/mol. The molecule has 3 aromatic rings. The van der Waals surface area contributed by atoms with Gasteiger partial charge in [0.25, 0.3) is 0 Å². The molecule has 3 heteroatoms. The molecule has 0 aliphatic heterocycles. The molecule has 3 nitrogen and oxygen atoms in total. The molecule has 1 aliphatic carbocycles. The Hall–Kier alpha value is -2.91. The Morgan fingerprint density at radius 1 is 0.903 bits per heavy atom. The van der Waals surface area contributed by atoms with Crippen LogP contribution in [-0.2, 0) is 4.79 Å². The summed E-state index contributed by atoms with van der Waals surface area (Å²) in [5.74, 6) is 0.523. The van der Waals surface area contributed by atoms with E-state index in [1.54, 1.807) is 0 Å². The first-order valence-corrected chi connectivity index (χ1v) is 11.1. The van der Waals surface area contributed by atoms with E-state index >= 15 is 0 Å². The van der Waals surface area contributed by atoms with Gasteiger partial charge in [-0.05, 0) is 46.6 Å². The minimum atomic E-state index is -0.112. The van der Waals surface area contributed by atoms with Gasteiger partial charge in [0, 0.05) is 24.2 Å². The highest BCUT2D eigenvalue weighted by Crippen LogP contribution is 2.49. The van der Waals surface area contributed by atoms with Crippen LogP contribution in [0.5, 0.6) is 0 Å². The second-order valence-corrected chi connectivity index (χ2v) is 9.69. The van der Waals surface area contributed by atoms with Crippen molar-refractivity contribution in [2.24, 2.45) is 17.1 Å². The maximum Gasteiger partial charge on any atom is 0.230 e. The number of amides is 1. The van der Waals surface area contributed by atoms with Crippen LogP contribution >= 0.6 is 0 Å². The first-order valence-electron chi connectivity index (χ1n) is 11.1. The molecule has 0 heterocycles. The van der Waals surface area contributed by atoms with Gasteiger partial charge >= 0.3 is 0 Å². The minimum absolute atomic E-state index is 0.0309. The lowest BCUT2D eigenvalue weighted by Crippen LogP contribution is -2.48. The van der Waals surface area contributed by atoms with E-state index in [-0.39, 0.29) is 23.3 Å². The predicted octanol–water partition coefficient (Wildman–Crippen LogP) is 5.86. The zero-order valence-corrected chi connectivity index (χ0v) is 18.7. The van der Waals surface area contributed by atoms with Crippen molar-refractivity contribution in [3.63, 3.8) is 0 Å². The van der Waals surface area contributed by atoms with E-state index in [9.17, 15) is 4.79 Å². The molecular formula is C28H32N2O. The fraction of sp³-hybridized carbons (Fsp3) is 0.321. The van der Waals surface area contributed by atoms with Crippen LogP contribution in [0.1, 0.15) is 38.7 Å². The molecular weight excluding hydrogens is 380 g/mol. The second-order valence-electron chi connectivity index (χ2n) is 9.69. The maximum atomic E-state index is 13.6. The summed E-state index contributed by atoms with van der Waals surface area (Å²) in [5, 5.41) is 0. The minimum Gasteiger partial charge on any atom is -0.326 e. The third-order valence-electron chi connectivity index (χ3n) is 6.38. The van der Waals surface area contributed by atoms with Crippen molar-refractivity contribution in [2.45, 2.75) is 39.2 Å². The standard InChI is InChI=1S/C28H32N2O/c1-28(2,3)26(29)19-30(27(31)25-18-24(25)22-12-8-5-9-13-22)23-16-14-21(15-17-23)20-10-6-4-7-11-20/h4-17,24-26H,18-19,29H2,1-3H3/t24-,25+,26+/m0/s1. The molecule has 0 radical (unpaired) electrons. The summed E-state index contributed by atoms with van der Waals surface area (Å²) < 4.78 is 0. The molecule has 3 atom stereocenters. The lowest BCUT2D eigenvalue weighted by atomic mass is 9.87. The van der Waals surface area contributed by atoms with Gasteiger partial charge in [-0.3, -0.25) is 4.79 Å². The van der Waals surface area contributed by atoms with Crippen molar-refractivity contribution >= 4 is 11.6 Å². The quantitative estimate of drug-likeness (QED) is 0.551. The van der Waals surface area contributed by atoms with Crippen molar-refractivity contribution in [1.82, 2.24) is 0 Å². The summed E-state index contributed by atoms with van der Waals surface area (Å²) in [6.45, 7) is 6.90. The van der Waals surface area contributed by atoms with Crippen LogP contribution in [0.3, 0.4) is 0 Å². The number of benzene rings is 3. The lowest BCUT2D eigenvalue weighted by molar-refractivity contribution is -0.120. The zero-order valence-electron chi connectivity index (χ0n) is 18.7. The van der Waals surface area contributed by atoms with Gasteiger partial charge in [-0.25, -0.2) is 0 Å². The molecule has 0 bridgehead atoms. The highest BCUT2D eigenvalue weighted by atomic mass is 16.2. The van der Waals surface area contributed by atoms with Crippen LogP contribution in [0.25, 0.3) is 11.1 Å². The Labute approximate surface area is 185 Å². The third-order valence-corrected chi connectivity index (χ3v) is 6.38. The molecule has 1 fully saturated rings. The molecule has 160 valence electrons. The average Bonchev–Trinajstić information content (AvgIpc) is 3.59. The Kier molecular flexibility index (Phi) is 5.97. The van der Waals surface area contributed by atoms with Crippen molar-refractivity contribution in [2.75, 3.05) is 11.4 Å². The SMILES string of the molecule is CC(C)(C)[C@H](N)CN(C(=O)[C@@H]1C[C@H]1c1ccccc1)c1ccc(-c2ccccc2)cc1. The van der Waals surface area contributed by atoms with E-state index in [0.29, 0.717) is 12.5 Å². The van der Waals surface area contributed by atoms with E-state index in [1.165, 1.54) is 11.1 Å². The van der Waals surface area contributed by atoms with E-state index in [4.69, 9.17) is 5.73 Å². The number of rotatable bonds is 6. The van der Waals surface area contributed by atoms with Crippen LogP contribution in [0.2, 0.25) is 0 Å². The Morgan fingerprint density at radius 2 is 1.45 bits per heavy atom. The molecule has 2 N–H and O–H groups in total. The Bertz CT molecular complexity index is 1010. The molecule has 0 unspecified atom stereocenters. The maximum absolute atomic E-state index is 13.6. The van der Waals surface area contributed by atoms with Crippen LogP contribution < -0.4 is 10.6 Å². The molecule has 1 amide bonds. The largest absolute Gasteiger partial charge is 0.326 e. The van der Waals surface area contributed by atoms with E-state index in [0.717, 1.165) is 17.7 Å². The van der Waals surface area contributed by atoms with E-state index in [1.807, 2.05) is 41.3 Å². The van der Waals surface area contributed by atoms with Crippen molar-refractivity contribution in [3.05, 3.63) is 90.5 Å². The summed E-state index contributed by atoms with van der Waals surface area (Å²) in [7, 11) is 0. The van der Waals surface area contributed by atoms with E-state index < -0.39 is 0 Å². The summed E-state index contributed by atoms with van der Waals surface area (Å²) in [6, 6.07) is 28.8. The number of carbonyl (C=O) groups is 1. The third kappa shape index (κ3) is 4.88. The molecule has 0 saturated heterocycles. The fourth-order valence-corrected chi connectivity index (χ4v) is 3.99. The highest BCUT2D eigenvalue weighted by Gasteiger charge is 2.46. The van der Waals surface area contributed by atoms with E-state index in [2.05, 4.69) is 69.3 Å². The number of nitrogens with two attached hydrogens (primary N) is 1. The van der Waals surface area contributed by atoms with Crippen LogP contribution in [-0.4, -0.2) is 18.5 Å². The monoisotopic (exact) mass is 412 g/mol. The Balaban J connectivity index is 1.58. The van der Waals surface area contributed by atoms with Crippen molar-refractivity contribution in [1.29, 1.82) is 0 Å². The number of hydrogen-bond acceptors (Lipinski definition) is 2. The summed E-state index contributed by atoms with van der Waals surface area (Å²) in [4.78, 5) is 15.5. The molecule has 1 aliphatic rings. The van der Waals surface area contributed by atoms with Gasteiger partial charge in [0.2, 0.25) is 5.91 Å². The van der Waals surface area contributed by atoms with Crippen molar-refractivity contribution < 1.29 is 4.79 Å². The van der Waals surface area contributed by atoms with Gasteiger partial charge in [0.15, 0.2) is 0 Å². The lowest BCUT2D eigenvalue weighted by Gasteiger charge is -2.33. The first-order chi connectivity index (χ1) is 14.8. The second kappa shape index (κ2) is 8.68. The van der Waals surface area contributed by atoms with Gasteiger partial charge in [0.1, 0.15) is 0 Å². The first kappa shape index (κ1) is 21.3. The van der Waals surface area contributed by atoms with Gasteiger partial charge in [-0.15, -0.1) is 0 Å².